The highest BCUT2D eigenvalue weighted by atomic mass is 79.9. The normalized spacial score (nSPS) is 18.7. The summed E-state index contributed by atoms with van der Waals surface area (Å²) < 4.78 is 1.13. The molecule has 17 heavy (non-hydrogen) atoms. The molecule has 0 aliphatic rings. The average Bonchev–Trinajstić information content (AvgIpc) is 2.70. The summed E-state index contributed by atoms with van der Waals surface area (Å²) in [5.74, 6) is 0. The number of nitrogens with two attached hydrogens (primary N) is 1. The van der Waals surface area contributed by atoms with Crippen LogP contribution in [0.5, 0.6) is 0 Å². The molecule has 98 valence electrons. The highest BCUT2D eigenvalue weighted by molar-refractivity contribution is 9.11. The van der Waals surface area contributed by atoms with Crippen LogP contribution in [0.2, 0.25) is 0 Å². The highest BCUT2D eigenvalue weighted by Crippen LogP contribution is 2.40. The molecule has 5 heteroatoms. The van der Waals surface area contributed by atoms with Crippen LogP contribution in [-0.4, -0.2) is 22.5 Å². The van der Waals surface area contributed by atoms with Crippen molar-refractivity contribution in [3.05, 3.63) is 20.8 Å². The van der Waals surface area contributed by atoms with Gasteiger partial charge in [-0.05, 0) is 41.4 Å². The van der Waals surface area contributed by atoms with Crippen LogP contribution < -0.4 is 5.73 Å². The summed E-state index contributed by atoms with van der Waals surface area (Å²) >= 11 is 6.98. The lowest BCUT2D eigenvalue weighted by molar-refractivity contribution is 0.196. The van der Waals surface area contributed by atoms with Gasteiger partial charge in [0.05, 0.1) is 15.1 Å². The quantitative estimate of drug-likeness (QED) is 0.829. The van der Waals surface area contributed by atoms with Crippen LogP contribution in [0.3, 0.4) is 0 Å². The van der Waals surface area contributed by atoms with Crippen molar-refractivity contribution in [2.75, 3.05) is 0 Å². The molecule has 0 aliphatic heterocycles. The van der Waals surface area contributed by atoms with Gasteiger partial charge in [-0.15, -0.1) is 23.1 Å². The second-order valence-electron chi connectivity index (χ2n) is 4.22. The van der Waals surface area contributed by atoms with Crippen molar-refractivity contribution in [2.24, 2.45) is 5.73 Å². The first-order valence-electron chi connectivity index (χ1n) is 5.80. The van der Waals surface area contributed by atoms with Gasteiger partial charge >= 0.3 is 0 Å². The van der Waals surface area contributed by atoms with Gasteiger partial charge in [0.2, 0.25) is 0 Å². The Morgan fingerprint density at radius 1 is 1.47 bits per heavy atom. The van der Waals surface area contributed by atoms with E-state index in [9.17, 15) is 5.11 Å². The molecular formula is C12H20BrNOS2. The number of thioether (sulfide) groups is 1. The number of aliphatic hydroxyl groups excluding tert-OH is 1. The third kappa shape index (κ3) is 4.56. The summed E-state index contributed by atoms with van der Waals surface area (Å²) in [6.07, 6.45) is 0.634. The molecule has 0 saturated heterocycles. The first kappa shape index (κ1) is 15.5. The smallest absolute Gasteiger partial charge is 0.0701 e. The Morgan fingerprint density at radius 3 is 2.53 bits per heavy atom. The zero-order chi connectivity index (χ0) is 13.0. The van der Waals surface area contributed by atoms with Gasteiger partial charge in [-0.1, -0.05) is 13.8 Å². The molecule has 4 atom stereocenters. The van der Waals surface area contributed by atoms with Crippen molar-refractivity contribution in [1.29, 1.82) is 0 Å². The topological polar surface area (TPSA) is 46.2 Å². The maximum atomic E-state index is 9.61. The summed E-state index contributed by atoms with van der Waals surface area (Å²) in [6.45, 7) is 5.98. The molecule has 0 amide bonds. The summed E-state index contributed by atoms with van der Waals surface area (Å²) in [5, 5.41) is 10.1. The van der Waals surface area contributed by atoms with Crippen LogP contribution in [0.15, 0.2) is 15.9 Å². The van der Waals surface area contributed by atoms with Crippen LogP contribution in [0.4, 0.5) is 0 Å². The molecule has 1 aromatic rings. The van der Waals surface area contributed by atoms with E-state index in [1.54, 1.807) is 23.1 Å². The summed E-state index contributed by atoms with van der Waals surface area (Å²) in [4.78, 5) is 1.28. The van der Waals surface area contributed by atoms with Gasteiger partial charge in [0.15, 0.2) is 0 Å². The van der Waals surface area contributed by atoms with Crippen molar-refractivity contribution in [1.82, 2.24) is 0 Å². The number of aliphatic hydroxyl groups is 1. The van der Waals surface area contributed by atoms with Crippen LogP contribution in [0.25, 0.3) is 0 Å². The molecule has 0 spiro atoms. The van der Waals surface area contributed by atoms with E-state index in [0.29, 0.717) is 0 Å². The lowest BCUT2D eigenvalue weighted by Gasteiger charge is -2.26. The van der Waals surface area contributed by atoms with Gasteiger partial charge in [-0.3, -0.25) is 0 Å². The maximum absolute atomic E-state index is 9.61. The Bertz CT molecular complexity index is 343. The molecule has 4 unspecified atom stereocenters. The van der Waals surface area contributed by atoms with Crippen LogP contribution in [0, 0.1) is 0 Å². The predicted octanol–water partition coefficient (Wildman–Crippen LogP) is 3.79. The summed E-state index contributed by atoms with van der Waals surface area (Å²) in [7, 11) is 0. The molecule has 0 aliphatic carbocycles. The maximum Gasteiger partial charge on any atom is 0.0701 e. The minimum absolute atomic E-state index is 0.131. The zero-order valence-electron chi connectivity index (χ0n) is 10.4. The molecule has 0 saturated carbocycles. The molecule has 0 bridgehead atoms. The SMILES string of the molecule is CCC(N)C(SC(C)C(C)O)c1ccc(Br)s1. The van der Waals surface area contributed by atoms with E-state index < -0.39 is 0 Å². The van der Waals surface area contributed by atoms with E-state index in [2.05, 4.69) is 35.0 Å². The fourth-order valence-corrected chi connectivity index (χ4v) is 4.51. The minimum atomic E-state index is -0.310. The van der Waals surface area contributed by atoms with Gasteiger partial charge in [0.25, 0.3) is 0 Å². The Morgan fingerprint density at radius 2 is 2.12 bits per heavy atom. The first-order valence-corrected chi connectivity index (χ1v) is 8.35. The highest BCUT2D eigenvalue weighted by Gasteiger charge is 2.24. The standard InChI is InChI=1S/C12H20BrNOS2/c1-4-9(14)12(16-8(3)7(2)15)10-5-6-11(13)17-10/h5-9,12,15H,4,14H2,1-3H3. The second kappa shape index (κ2) is 7.14. The molecule has 2 nitrogen and oxygen atoms in total. The second-order valence-corrected chi connectivity index (χ2v) is 8.23. The number of rotatable bonds is 6. The molecule has 0 fully saturated rings. The van der Waals surface area contributed by atoms with Gasteiger partial charge in [0, 0.05) is 16.2 Å². The average molecular weight is 338 g/mol. The van der Waals surface area contributed by atoms with E-state index in [0.717, 1.165) is 10.2 Å². The predicted molar refractivity (Wildman–Crippen MR) is 81.8 cm³/mol. The van der Waals surface area contributed by atoms with Crippen molar-refractivity contribution in [3.63, 3.8) is 0 Å². The van der Waals surface area contributed by atoms with Crippen molar-refractivity contribution >= 4 is 39.0 Å². The van der Waals surface area contributed by atoms with Gasteiger partial charge < -0.3 is 10.8 Å². The Hall–Kier alpha value is 0.450. The monoisotopic (exact) mass is 337 g/mol. The van der Waals surface area contributed by atoms with Crippen molar-refractivity contribution in [2.45, 2.75) is 49.8 Å². The molecule has 0 aromatic carbocycles. The molecule has 1 rings (SSSR count). The molecule has 1 heterocycles. The third-order valence-corrected chi connectivity index (χ3v) is 6.35. The molecule has 0 radical (unpaired) electrons. The van der Waals surface area contributed by atoms with Gasteiger partial charge in [-0.2, -0.15) is 0 Å². The van der Waals surface area contributed by atoms with E-state index >= 15 is 0 Å². The zero-order valence-corrected chi connectivity index (χ0v) is 13.6. The first-order chi connectivity index (χ1) is 7.95. The Labute approximate surface area is 120 Å². The van der Waals surface area contributed by atoms with E-state index in [4.69, 9.17) is 5.73 Å². The van der Waals surface area contributed by atoms with Gasteiger partial charge in [-0.25, -0.2) is 0 Å². The Kier molecular flexibility index (Phi) is 6.51. The largest absolute Gasteiger partial charge is 0.392 e. The van der Waals surface area contributed by atoms with Crippen LogP contribution >= 0.6 is 39.0 Å². The lowest BCUT2D eigenvalue weighted by atomic mass is 10.1. The molecule has 1 aromatic heterocycles. The minimum Gasteiger partial charge on any atom is -0.392 e. The van der Waals surface area contributed by atoms with Crippen LogP contribution in [0.1, 0.15) is 37.3 Å². The van der Waals surface area contributed by atoms with Crippen molar-refractivity contribution in [3.8, 4) is 0 Å². The van der Waals surface area contributed by atoms with Gasteiger partial charge in [0.1, 0.15) is 0 Å². The van der Waals surface area contributed by atoms with Crippen molar-refractivity contribution < 1.29 is 5.11 Å². The number of thiophene rings is 1. The Balaban J connectivity index is 2.81. The van der Waals surface area contributed by atoms with E-state index in [-0.39, 0.29) is 22.6 Å². The molecule has 3 N–H and O–H groups in total. The number of halogens is 1. The summed E-state index contributed by atoms with van der Waals surface area (Å²) in [6, 6.07) is 4.31. The third-order valence-electron chi connectivity index (χ3n) is 2.78. The van der Waals surface area contributed by atoms with E-state index in [1.807, 2.05) is 13.8 Å². The fourth-order valence-electron chi connectivity index (χ4n) is 1.42. The van der Waals surface area contributed by atoms with E-state index in [1.165, 1.54) is 4.88 Å². The number of hydrogen-bond donors (Lipinski definition) is 2. The summed E-state index contributed by atoms with van der Waals surface area (Å²) in [5.41, 5.74) is 6.20. The lowest BCUT2D eigenvalue weighted by Crippen LogP contribution is -2.28. The number of hydrogen-bond acceptors (Lipinski definition) is 4. The van der Waals surface area contributed by atoms with Crippen LogP contribution in [-0.2, 0) is 0 Å². The fraction of sp³-hybridized carbons (Fsp3) is 0.667. The molecular weight excluding hydrogens is 318 g/mol.